The van der Waals surface area contributed by atoms with Gasteiger partial charge in [-0.15, -0.1) is 0 Å². The minimum Gasteiger partial charge on any atom is -0.546 e. The molecule has 0 fully saturated rings. The van der Waals surface area contributed by atoms with Gasteiger partial charge in [0.15, 0.2) is 5.82 Å². The molecule has 0 aliphatic rings. The molecule has 2 aromatic rings. The van der Waals surface area contributed by atoms with Crippen molar-refractivity contribution in [1.82, 2.24) is 9.97 Å². The summed E-state index contributed by atoms with van der Waals surface area (Å²) < 4.78 is 5.93. The molecule has 0 N–H and O–H groups in total. The second kappa shape index (κ2) is 6.43. The summed E-state index contributed by atoms with van der Waals surface area (Å²) in [5.41, 5.74) is 2.78. The fraction of sp³-hybridized carbons (Fsp3) is 0.267. The molecule has 0 spiro atoms. The Morgan fingerprint density at radius 3 is 2.55 bits per heavy atom. The summed E-state index contributed by atoms with van der Waals surface area (Å²) in [6.45, 7) is 8.24. The van der Waals surface area contributed by atoms with Gasteiger partial charge in [-0.25, -0.2) is 15.0 Å². The van der Waals surface area contributed by atoms with E-state index >= 15 is 0 Å². The van der Waals surface area contributed by atoms with Crippen molar-refractivity contribution in [2.75, 3.05) is 0 Å². The highest BCUT2D eigenvalue weighted by Crippen LogP contribution is 2.29. The Labute approximate surface area is 121 Å². The van der Waals surface area contributed by atoms with Crippen LogP contribution in [0.15, 0.2) is 41.7 Å². The number of aliphatic imine (C=N–C) groups is 1. The minimum absolute atomic E-state index is 0.641. The maximum atomic E-state index is 5.93. The molecule has 0 radical (unpaired) electrons. The van der Waals surface area contributed by atoms with Gasteiger partial charge >= 0.3 is 0 Å². The zero-order valence-corrected chi connectivity index (χ0v) is 13.4. The number of benzene rings is 1. The number of aromatic nitrogens is 2. The lowest BCUT2D eigenvalue weighted by molar-refractivity contribution is 0.582. The predicted molar refractivity (Wildman–Crippen MR) is 84.6 cm³/mol. The highest BCUT2D eigenvalue weighted by atomic mass is 28.3. The molecule has 1 heterocycles. The predicted octanol–water partition coefficient (Wildman–Crippen LogP) is 3.29. The van der Waals surface area contributed by atoms with Crippen molar-refractivity contribution in [1.29, 1.82) is 0 Å². The van der Waals surface area contributed by atoms with E-state index in [4.69, 9.17) is 4.43 Å². The average Bonchev–Trinajstić information content (AvgIpc) is 2.42. The molecular formula is C15H19N3OSi. The molecule has 4 nitrogen and oxygen atoms in total. The topological polar surface area (TPSA) is 47.4 Å². The zero-order valence-electron chi connectivity index (χ0n) is 12.3. The largest absolute Gasteiger partial charge is 0.546 e. The van der Waals surface area contributed by atoms with Gasteiger partial charge in [-0.1, -0.05) is 6.07 Å². The van der Waals surface area contributed by atoms with Crippen molar-refractivity contribution in [3.05, 3.63) is 48.0 Å². The Morgan fingerprint density at radius 1 is 1.20 bits per heavy atom. The SMILES string of the molecule is CC(=Nc1cc(C)ccc1O[SiH](C)C)c1ncccn1. The van der Waals surface area contributed by atoms with Gasteiger partial charge in [0.25, 0.3) is 0 Å². The van der Waals surface area contributed by atoms with E-state index < -0.39 is 9.04 Å². The summed E-state index contributed by atoms with van der Waals surface area (Å²) in [5, 5.41) is 0. The molecular weight excluding hydrogens is 266 g/mol. The molecule has 20 heavy (non-hydrogen) atoms. The quantitative estimate of drug-likeness (QED) is 0.639. The summed E-state index contributed by atoms with van der Waals surface area (Å²) >= 11 is 0. The number of nitrogens with zero attached hydrogens (tertiary/aromatic N) is 3. The lowest BCUT2D eigenvalue weighted by Gasteiger charge is -2.12. The van der Waals surface area contributed by atoms with Crippen molar-refractivity contribution < 1.29 is 4.43 Å². The Bertz CT molecular complexity index is 612. The Morgan fingerprint density at radius 2 is 1.90 bits per heavy atom. The molecule has 1 aromatic heterocycles. The van der Waals surface area contributed by atoms with Gasteiger partial charge in [0, 0.05) is 12.4 Å². The van der Waals surface area contributed by atoms with Crippen molar-refractivity contribution in [3.63, 3.8) is 0 Å². The first kappa shape index (κ1) is 14.4. The van der Waals surface area contributed by atoms with Crippen LogP contribution in [0, 0.1) is 6.92 Å². The highest BCUT2D eigenvalue weighted by molar-refractivity contribution is 6.49. The van der Waals surface area contributed by atoms with Crippen LogP contribution in [0.5, 0.6) is 5.75 Å². The van der Waals surface area contributed by atoms with Crippen molar-refractivity contribution in [2.45, 2.75) is 26.9 Å². The van der Waals surface area contributed by atoms with Gasteiger partial charge in [0.05, 0.1) is 5.71 Å². The average molecular weight is 285 g/mol. The lowest BCUT2D eigenvalue weighted by Crippen LogP contribution is -2.11. The van der Waals surface area contributed by atoms with Crippen LogP contribution < -0.4 is 4.43 Å². The molecule has 2 rings (SSSR count). The molecule has 5 heteroatoms. The van der Waals surface area contributed by atoms with Gasteiger partial charge in [-0.3, -0.25) is 0 Å². The second-order valence-electron chi connectivity index (χ2n) is 4.91. The fourth-order valence-electron chi connectivity index (χ4n) is 1.78. The van der Waals surface area contributed by atoms with E-state index in [0.29, 0.717) is 5.82 Å². The molecule has 0 atom stereocenters. The standard InChI is InChI=1S/C15H19N3OSi/c1-11-6-7-14(19-20(3)4)13(10-11)18-12(2)15-16-8-5-9-17-15/h5-10,20H,1-4H3. The van der Waals surface area contributed by atoms with Gasteiger partial charge in [0.2, 0.25) is 9.04 Å². The van der Waals surface area contributed by atoms with Crippen LogP contribution in [0.2, 0.25) is 13.1 Å². The fourth-order valence-corrected chi connectivity index (χ4v) is 2.49. The maximum Gasteiger partial charge on any atom is 0.229 e. The van der Waals surface area contributed by atoms with E-state index in [1.807, 2.05) is 32.0 Å². The molecule has 0 saturated carbocycles. The first-order valence-electron chi connectivity index (χ1n) is 6.66. The number of aryl methyl sites for hydroxylation is 1. The third-order valence-electron chi connectivity index (χ3n) is 2.65. The summed E-state index contributed by atoms with van der Waals surface area (Å²) in [6, 6.07) is 7.85. The van der Waals surface area contributed by atoms with Gasteiger partial charge in [0.1, 0.15) is 11.4 Å². The first-order chi connectivity index (χ1) is 9.56. The third-order valence-corrected chi connectivity index (χ3v) is 3.38. The molecule has 0 unspecified atom stereocenters. The van der Waals surface area contributed by atoms with E-state index in [0.717, 1.165) is 22.7 Å². The molecule has 0 aliphatic carbocycles. The monoisotopic (exact) mass is 285 g/mol. The van der Waals surface area contributed by atoms with Crippen molar-refractivity contribution in [3.8, 4) is 5.75 Å². The Balaban J connectivity index is 2.39. The van der Waals surface area contributed by atoms with Crippen LogP contribution in [-0.4, -0.2) is 24.7 Å². The van der Waals surface area contributed by atoms with E-state index in [9.17, 15) is 0 Å². The highest BCUT2D eigenvalue weighted by Gasteiger charge is 2.08. The number of hydrogen-bond donors (Lipinski definition) is 0. The van der Waals surface area contributed by atoms with E-state index in [2.05, 4.69) is 28.1 Å². The Hall–Kier alpha value is -2.01. The zero-order chi connectivity index (χ0) is 14.5. The van der Waals surface area contributed by atoms with E-state index in [1.54, 1.807) is 18.5 Å². The van der Waals surface area contributed by atoms with Crippen LogP contribution in [0.25, 0.3) is 0 Å². The van der Waals surface area contributed by atoms with Crippen molar-refractivity contribution in [2.24, 2.45) is 4.99 Å². The molecule has 0 amide bonds. The van der Waals surface area contributed by atoms with Gasteiger partial charge < -0.3 is 4.43 Å². The smallest absolute Gasteiger partial charge is 0.229 e. The van der Waals surface area contributed by atoms with Crippen molar-refractivity contribution >= 4 is 20.4 Å². The van der Waals surface area contributed by atoms with Crippen LogP contribution in [0.4, 0.5) is 5.69 Å². The molecule has 0 aliphatic heterocycles. The number of rotatable bonds is 4. The summed E-state index contributed by atoms with van der Waals surface area (Å²) in [6.07, 6.45) is 3.44. The lowest BCUT2D eigenvalue weighted by atomic mass is 10.2. The summed E-state index contributed by atoms with van der Waals surface area (Å²) in [7, 11) is -1.16. The molecule has 104 valence electrons. The molecule has 0 bridgehead atoms. The van der Waals surface area contributed by atoms with E-state index in [-0.39, 0.29) is 0 Å². The minimum atomic E-state index is -1.16. The molecule has 0 saturated heterocycles. The second-order valence-corrected chi connectivity index (χ2v) is 7.24. The van der Waals surface area contributed by atoms with Crippen LogP contribution >= 0.6 is 0 Å². The van der Waals surface area contributed by atoms with Crippen LogP contribution in [0.3, 0.4) is 0 Å². The van der Waals surface area contributed by atoms with Crippen LogP contribution in [0.1, 0.15) is 18.3 Å². The van der Waals surface area contributed by atoms with Gasteiger partial charge in [-0.2, -0.15) is 0 Å². The first-order valence-corrected chi connectivity index (χ1v) is 9.44. The maximum absolute atomic E-state index is 5.93. The molecule has 1 aromatic carbocycles. The van der Waals surface area contributed by atoms with Gasteiger partial charge in [-0.05, 0) is 50.7 Å². The Kier molecular flexibility index (Phi) is 4.63. The summed E-state index contributed by atoms with van der Waals surface area (Å²) in [5.74, 6) is 1.48. The summed E-state index contributed by atoms with van der Waals surface area (Å²) in [4.78, 5) is 13.1. The number of hydrogen-bond acceptors (Lipinski definition) is 4. The normalized spacial score (nSPS) is 11.8. The third kappa shape index (κ3) is 3.74. The van der Waals surface area contributed by atoms with Crippen LogP contribution in [-0.2, 0) is 0 Å². The van der Waals surface area contributed by atoms with E-state index in [1.165, 1.54) is 0 Å².